The van der Waals surface area contributed by atoms with Crippen molar-refractivity contribution in [3.05, 3.63) is 67.7 Å². The quantitative estimate of drug-likeness (QED) is 0.209. The number of hydrogen-bond acceptors (Lipinski definition) is 10. The highest BCUT2D eigenvalue weighted by molar-refractivity contribution is 5.88. The molecule has 0 radical (unpaired) electrons. The van der Waals surface area contributed by atoms with Crippen LogP contribution in [0.25, 0.3) is 33.5 Å². The Kier molecular flexibility index (Phi) is 5.68. The summed E-state index contributed by atoms with van der Waals surface area (Å²) in [5.41, 5.74) is -0.710. The second kappa shape index (κ2) is 8.54. The zero-order valence-corrected chi connectivity index (χ0v) is 19.1. The summed E-state index contributed by atoms with van der Waals surface area (Å²) in [7, 11) is 4.77. The zero-order chi connectivity index (χ0) is 26.5. The Morgan fingerprint density at radius 2 is 1.53 bits per heavy atom. The minimum Gasteiger partial charge on any atom is -0.508 e. The first kappa shape index (κ1) is 23.9. The number of aryl methyl sites for hydroxylation is 2. The Balaban J connectivity index is 0.000000187. The molecule has 5 aromatic rings. The van der Waals surface area contributed by atoms with Crippen LogP contribution >= 0.6 is 0 Å². The van der Waals surface area contributed by atoms with E-state index in [2.05, 4.69) is 4.98 Å². The number of nitrogens with zero attached hydrogens (tertiary/aromatic N) is 4. The number of rotatable bonds is 1. The van der Waals surface area contributed by atoms with Crippen LogP contribution in [0, 0.1) is 0 Å². The first-order valence-corrected chi connectivity index (χ1v) is 10.2. The van der Waals surface area contributed by atoms with E-state index in [4.69, 9.17) is 4.42 Å². The fourth-order valence-electron chi connectivity index (χ4n) is 3.61. The summed E-state index contributed by atoms with van der Waals surface area (Å²) in [6, 6.07) is 5.64. The van der Waals surface area contributed by atoms with E-state index < -0.39 is 22.7 Å². The van der Waals surface area contributed by atoms with Crippen molar-refractivity contribution >= 4 is 22.1 Å². The van der Waals surface area contributed by atoms with Crippen molar-refractivity contribution in [2.45, 2.75) is 0 Å². The van der Waals surface area contributed by atoms with Crippen LogP contribution < -0.4 is 16.7 Å². The van der Waals surface area contributed by atoms with Crippen LogP contribution in [0.5, 0.6) is 28.7 Å². The van der Waals surface area contributed by atoms with Crippen LogP contribution in [0.15, 0.2) is 55.5 Å². The third-order valence-electron chi connectivity index (χ3n) is 5.49. The predicted octanol–water partition coefficient (Wildman–Crippen LogP) is 0.959. The summed E-state index contributed by atoms with van der Waals surface area (Å²) >= 11 is 0. The number of phenolic OH excluding ortho intramolecular Hbond substituents is 4. The average molecular weight is 496 g/mol. The summed E-state index contributed by atoms with van der Waals surface area (Å²) in [4.78, 5) is 39.3. The van der Waals surface area contributed by atoms with E-state index in [1.165, 1.54) is 24.0 Å². The fourth-order valence-corrected chi connectivity index (χ4v) is 3.61. The number of aromatic hydroxyl groups is 5. The normalized spacial score (nSPS) is 11.0. The van der Waals surface area contributed by atoms with Gasteiger partial charge in [-0.1, -0.05) is 0 Å². The van der Waals surface area contributed by atoms with E-state index in [0.29, 0.717) is 11.2 Å². The van der Waals surface area contributed by atoms with Gasteiger partial charge in [-0.15, -0.1) is 0 Å². The summed E-state index contributed by atoms with van der Waals surface area (Å²) in [6.07, 6.45) is 1.52. The molecule has 0 saturated heterocycles. The largest absolute Gasteiger partial charge is 0.508 e. The number of imidazole rings is 1. The molecule has 0 aliphatic heterocycles. The summed E-state index contributed by atoms with van der Waals surface area (Å²) in [5, 5.41) is 47.6. The fraction of sp³-hybridized carbons (Fsp3) is 0.130. The molecule has 0 amide bonds. The summed E-state index contributed by atoms with van der Waals surface area (Å²) < 4.78 is 9.39. The molecular weight excluding hydrogens is 476 g/mol. The van der Waals surface area contributed by atoms with Crippen LogP contribution in [-0.2, 0) is 21.1 Å². The molecule has 13 heteroatoms. The number of phenols is 4. The maximum Gasteiger partial charge on any atom is 0.332 e. The van der Waals surface area contributed by atoms with Gasteiger partial charge >= 0.3 is 5.69 Å². The van der Waals surface area contributed by atoms with Gasteiger partial charge in [0.25, 0.3) is 5.56 Å². The van der Waals surface area contributed by atoms with Crippen molar-refractivity contribution in [1.82, 2.24) is 18.7 Å². The molecule has 0 saturated carbocycles. The van der Waals surface area contributed by atoms with Crippen LogP contribution in [-0.4, -0.2) is 44.2 Å². The lowest BCUT2D eigenvalue weighted by molar-refractivity contribution is 0.403. The molecule has 186 valence electrons. The lowest BCUT2D eigenvalue weighted by atomic mass is 10.1. The lowest BCUT2D eigenvalue weighted by Gasteiger charge is -2.08. The van der Waals surface area contributed by atoms with E-state index in [1.54, 1.807) is 18.7 Å². The monoisotopic (exact) mass is 496 g/mol. The Labute approximate surface area is 200 Å². The molecule has 0 fully saturated rings. The van der Waals surface area contributed by atoms with E-state index >= 15 is 0 Å². The third-order valence-corrected chi connectivity index (χ3v) is 5.49. The van der Waals surface area contributed by atoms with Crippen molar-refractivity contribution in [3.8, 4) is 40.1 Å². The van der Waals surface area contributed by atoms with E-state index in [0.717, 1.165) is 28.8 Å². The smallest absolute Gasteiger partial charge is 0.332 e. The number of benzene rings is 2. The molecule has 0 bridgehead atoms. The van der Waals surface area contributed by atoms with Gasteiger partial charge < -0.3 is 34.5 Å². The van der Waals surface area contributed by atoms with Crippen molar-refractivity contribution in [3.63, 3.8) is 0 Å². The zero-order valence-electron chi connectivity index (χ0n) is 19.1. The van der Waals surface area contributed by atoms with Crippen molar-refractivity contribution in [2.24, 2.45) is 21.1 Å². The Bertz CT molecular complexity index is 1840. The number of aromatic nitrogens is 4. The second-order valence-electron chi connectivity index (χ2n) is 7.88. The summed E-state index contributed by atoms with van der Waals surface area (Å²) in [5.74, 6) is -2.71. The second-order valence-corrected chi connectivity index (χ2v) is 7.88. The minimum absolute atomic E-state index is 0.134. The third kappa shape index (κ3) is 3.77. The maximum absolute atomic E-state index is 12.1. The van der Waals surface area contributed by atoms with Crippen LogP contribution in [0.2, 0.25) is 0 Å². The standard InChI is InChI=1S/C15H10O7.C8H10N4O2/c16-7-4-10(19)12-11(5-7)22-15(14(21)13(12)20)6-1-2-8(17)9(18)3-6;1-10-4-9-6-5(10)7(13)12(3)8(14)11(6)2/h1-5,16-19,21H;4H,1-3H3. The van der Waals surface area contributed by atoms with Crippen molar-refractivity contribution in [2.75, 3.05) is 0 Å². The molecule has 13 nitrogen and oxygen atoms in total. The van der Waals surface area contributed by atoms with Crippen LogP contribution in [0.1, 0.15) is 0 Å². The molecule has 0 aliphatic rings. The lowest BCUT2D eigenvalue weighted by Crippen LogP contribution is -2.37. The Morgan fingerprint density at radius 1 is 0.833 bits per heavy atom. The van der Waals surface area contributed by atoms with E-state index in [-0.39, 0.29) is 45.0 Å². The van der Waals surface area contributed by atoms with Crippen molar-refractivity contribution in [1.29, 1.82) is 0 Å². The predicted molar refractivity (Wildman–Crippen MR) is 127 cm³/mol. The Hall–Kier alpha value is -5.20. The van der Waals surface area contributed by atoms with Gasteiger partial charge in [0.05, 0.1) is 6.33 Å². The highest BCUT2D eigenvalue weighted by atomic mass is 16.4. The molecule has 0 aliphatic carbocycles. The molecule has 0 unspecified atom stereocenters. The summed E-state index contributed by atoms with van der Waals surface area (Å²) in [6.45, 7) is 0. The molecule has 3 aromatic heterocycles. The molecular formula is C23H20N4O9. The molecule has 5 N–H and O–H groups in total. The van der Waals surface area contributed by atoms with Gasteiger partial charge in [0.15, 0.2) is 28.4 Å². The SMILES string of the molecule is Cn1c(=O)c2c(ncn2C)n(C)c1=O.O=c1c(O)c(-c2ccc(O)c(O)c2)oc2cc(O)cc(O)c12. The van der Waals surface area contributed by atoms with Crippen LogP contribution in [0.3, 0.4) is 0 Å². The highest BCUT2D eigenvalue weighted by Gasteiger charge is 2.19. The topological polar surface area (TPSA) is 193 Å². The van der Waals surface area contributed by atoms with Gasteiger partial charge in [-0.3, -0.25) is 18.7 Å². The van der Waals surface area contributed by atoms with Crippen molar-refractivity contribution < 1.29 is 29.9 Å². The number of fused-ring (bicyclic) bond motifs is 2. The minimum atomic E-state index is -0.888. The van der Waals surface area contributed by atoms with Crippen LogP contribution in [0.4, 0.5) is 0 Å². The molecule has 0 spiro atoms. The molecule has 36 heavy (non-hydrogen) atoms. The van der Waals surface area contributed by atoms with Gasteiger partial charge in [0, 0.05) is 38.8 Å². The van der Waals surface area contributed by atoms with Gasteiger partial charge in [0.2, 0.25) is 11.2 Å². The van der Waals surface area contributed by atoms with E-state index in [9.17, 15) is 39.9 Å². The van der Waals surface area contributed by atoms with E-state index in [1.807, 2.05) is 0 Å². The van der Waals surface area contributed by atoms with Gasteiger partial charge in [-0.2, -0.15) is 0 Å². The highest BCUT2D eigenvalue weighted by Crippen LogP contribution is 2.37. The molecule has 2 aromatic carbocycles. The first-order chi connectivity index (χ1) is 16.9. The van der Waals surface area contributed by atoms with Gasteiger partial charge in [-0.05, 0) is 18.2 Å². The number of hydrogen-bond donors (Lipinski definition) is 5. The Morgan fingerprint density at radius 3 is 2.19 bits per heavy atom. The molecule has 0 atom stereocenters. The molecule has 3 heterocycles. The maximum atomic E-state index is 12.1. The van der Waals surface area contributed by atoms with Gasteiger partial charge in [0.1, 0.15) is 22.5 Å². The molecule has 5 rings (SSSR count). The first-order valence-electron chi connectivity index (χ1n) is 10.2. The van der Waals surface area contributed by atoms with Gasteiger partial charge in [-0.25, -0.2) is 9.78 Å². The average Bonchev–Trinajstić information content (AvgIpc) is 3.22.